The largest absolute Gasteiger partial charge is 0.464 e. The average Bonchev–Trinajstić information content (AvgIpc) is 3.17. The van der Waals surface area contributed by atoms with Crippen molar-refractivity contribution in [2.24, 2.45) is 0 Å². The van der Waals surface area contributed by atoms with Crippen molar-refractivity contribution in [1.82, 2.24) is 9.78 Å². The summed E-state index contributed by atoms with van der Waals surface area (Å²) in [5.74, 6) is -1.76. The number of nitrogen functional groups attached to an aromatic ring is 1. The van der Waals surface area contributed by atoms with Gasteiger partial charge in [-0.3, -0.25) is 4.79 Å². The van der Waals surface area contributed by atoms with Crippen LogP contribution in [0.5, 0.6) is 0 Å². The van der Waals surface area contributed by atoms with E-state index in [1.54, 1.807) is 42.5 Å². The molecule has 0 aliphatic rings. The lowest BCUT2D eigenvalue weighted by atomic mass is 10.0. The third-order valence-corrected chi connectivity index (χ3v) is 4.03. The molecule has 1 heterocycles. The molecule has 0 amide bonds. The van der Waals surface area contributed by atoms with Gasteiger partial charge in [-0.1, -0.05) is 30.3 Å². The van der Waals surface area contributed by atoms with Gasteiger partial charge in [-0.05, 0) is 18.2 Å². The lowest BCUT2D eigenvalue weighted by Gasteiger charge is -2.12. The van der Waals surface area contributed by atoms with Crippen LogP contribution in [-0.2, 0) is 9.47 Å². The molecule has 0 saturated heterocycles. The molecule has 0 fully saturated rings. The number of aromatic nitrogens is 2. The molecule has 2 aromatic carbocycles. The van der Waals surface area contributed by atoms with E-state index in [1.165, 1.54) is 31.0 Å². The van der Waals surface area contributed by atoms with E-state index >= 15 is 0 Å². The Balaban J connectivity index is 2.22. The van der Waals surface area contributed by atoms with E-state index in [2.05, 4.69) is 9.84 Å². The average molecular weight is 379 g/mol. The molecule has 0 aliphatic carbocycles. The van der Waals surface area contributed by atoms with Gasteiger partial charge in [-0.15, -0.1) is 0 Å². The second-order valence-corrected chi connectivity index (χ2v) is 5.78. The fourth-order valence-electron chi connectivity index (χ4n) is 2.68. The van der Waals surface area contributed by atoms with Gasteiger partial charge >= 0.3 is 11.9 Å². The number of ether oxygens (including phenoxy) is 2. The smallest absolute Gasteiger partial charge is 0.358 e. The van der Waals surface area contributed by atoms with Crippen molar-refractivity contribution in [3.05, 3.63) is 77.1 Å². The summed E-state index contributed by atoms with van der Waals surface area (Å²) in [6, 6.07) is 14.5. The Bertz CT molecular complexity index is 1060. The molecule has 28 heavy (non-hydrogen) atoms. The summed E-state index contributed by atoms with van der Waals surface area (Å²) in [5.41, 5.74) is 7.04. The number of rotatable bonds is 5. The lowest BCUT2D eigenvalue weighted by Crippen LogP contribution is -2.15. The first kappa shape index (κ1) is 18.8. The topological polar surface area (TPSA) is 114 Å². The fourth-order valence-corrected chi connectivity index (χ4v) is 2.68. The van der Waals surface area contributed by atoms with Gasteiger partial charge in [-0.2, -0.15) is 5.10 Å². The maximum absolute atomic E-state index is 13.0. The third-order valence-electron chi connectivity index (χ3n) is 4.03. The number of ketones is 1. The highest BCUT2D eigenvalue weighted by Crippen LogP contribution is 2.24. The van der Waals surface area contributed by atoms with Gasteiger partial charge in [-0.25, -0.2) is 14.3 Å². The van der Waals surface area contributed by atoms with E-state index in [0.717, 1.165) is 0 Å². The Labute approximate surface area is 160 Å². The van der Waals surface area contributed by atoms with Crippen molar-refractivity contribution in [3.8, 4) is 5.69 Å². The minimum absolute atomic E-state index is 0.0326. The van der Waals surface area contributed by atoms with E-state index in [0.29, 0.717) is 11.3 Å². The number of methoxy groups -OCH3 is 2. The maximum atomic E-state index is 13.0. The molecule has 8 nitrogen and oxygen atoms in total. The molecule has 1 aromatic heterocycles. The molecule has 0 radical (unpaired) electrons. The van der Waals surface area contributed by atoms with E-state index in [1.807, 2.05) is 0 Å². The van der Waals surface area contributed by atoms with Gasteiger partial charge in [0.1, 0.15) is 0 Å². The first-order valence-electron chi connectivity index (χ1n) is 8.22. The Morgan fingerprint density at radius 1 is 0.929 bits per heavy atom. The minimum Gasteiger partial charge on any atom is -0.464 e. The van der Waals surface area contributed by atoms with E-state index < -0.39 is 11.9 Å². The Hall–Kier alpha value is -3.94. The fraction of sp³-hybridized carbons (Fsp3) is 0.100. The molecule has 0 aliphatic heterocycles. The maximum Gasteiger partial charge on any atom is 0.358 e. The standard InChI is InChI=1S/C20H17N3O5/c1-27-19(25)15-11-17(20(26)28-2)23(22-15)16-9-8-13(21)10-14(16)18(24)12-6-4-3-5-7-12/h3-11H,21H2,1-2H3. The van der Waals surface area contributed by atoms with Crippen LogP contribution in [-0.4, -0.2) is 41.7 Å². The monoisotopic (exact) mass is 379 g/mol. The molecule has 0 saturated carbocycles. The summed E-state index contributed by atoms with van der Waals surface area (Å²) in [6.07, 6.45) is 0. The van der Waals surface area contributed by atoms with Crippen LogP contribution in [0.1, 0.15) is 36.9 Å². The van der Waals surface area contributed by atoms with E-state index in [-0.39, 0.29) is 28.4 Å². The first-order valence-corrected chi connectivity index (χ1v) is 8.22. The van der Waals surface area contributed by atoms with Crippen molar-refractivity contribution >= 4 is 23.4 Å². The van der Waals surface area contributed by atoms with Gasteiger partial charge in [0.05, 0.1) is 25.5 Å². The minimum atomic E-state index is -0.727. The summed E-state index contributed by atoms with van der Waals surface area (Å²) in [7, 11) is 2.41. The molecule has 2 N–H and O–H groups in total. The number of carbonyl (C=O) groups is 3. The Kier molecular flexibility index (Phi) is 5.21. The molecule has 0 spiro atoms. The summed E-state index contributed by atoms with van der Waals surface area (Å²) >= 11 is 0. The summed E-state index contributed by atoms with van der Waals surface area (Å²) < 4.78 is 10.6. The molecular formula is C20H17N3O5. The number of hydrogen-bond acceptors (Lipinski definition) is 7. The highest BCUT2D eigenvalue weighted by Gasteiger charge is 2.24. The second-order valence-electron chi connectivity index (χ2n) is 5.78. The predicted molar refractivity (Wildman–Crippen MR) is 101 cm³/mol. The lowest BCUT2D eigenvalue weighted by molar-refractivity contribution is 0.0585. The van der Waals surface area contributed by atoms with Gasteiger partial charge < -0.3 is 15.2 Å². The van der Waals surface area contributed by atoms with Crippen LogP contribution in [0.15, 0.2) is 54.6 Å². The van der Waals surface area contributed by atoms with Crippen LogP contribution in [0.3, 0.4) is 0 Å². The molecule has 0 atom stereocenters. The molecule has 3 aromatic rings. The SMILES string of the molecule is COC(=O)c1cc(C(=O)OC)n(-c2ccc(N)cc2C(=O)c2ccccc2)n1. The van der Waals surface area contributed by atoms with Gasteiger partial charge in [0.2, 0.25) is 0 Å². The van der Waals surface area contributed by atoms with Crippen molar-refractivity contribution in [2.75, 3.05) is 20.0 Å². The van der Waals surface area contributed by atoms with Crippen LogP contribution in [0.25, 0.3) is 5.69 Å². The number of nitrogens with zero attached hydrogens (tertiary/aromatic N) is 2. The number of anilines is 1. The normalized spacial score (nSPS) is 10.4. The highest BCUT2D eigenvalue weighted by atomic mass is 16.5. The van der Waals surface area contributed by atoms with Gasteiger partial charge in [0.15, 0.2) is 17.2 Å². The van der Waals surface area contributed by atoms with Crippen LogP contribution in [0.4, 0.5) is 5.69 Å². The van der Waals surface area contributed by atoms with E-state index in [4.69, 9.17) is 10.5 Å². The number of benzene rings is 2. The molecule has 0 unspecified atom stereocenters. The molecule has 8 heteroatoms. The molecule has 0 bridgehead atoms. The number of nitrogens with two attached hydrogens (primary N) is 1. The van der Waals surface area contributed by atoms with Crippen molar-refractivity contribution in [1.29, 1.82) is 0 Å². The van der Waals surface area contributed by atoms with Crippen molar-refractivity contribution in [3.63, 3.8) is 0 Å². The first-order chi connectivity index (χ1) is 13.5. The zero-order valence-corrected chi connectivity index (χ0v) is 15.2. The quantitative estimate of drug-likeness (QED) is 0.411. The highest BCUT2D eigenvalue weighted by molar-refractivity contribution is 6.12. The van der Waals surface area contributed by atoms with Crippen LogP contribution < -0.4 is 5.73 Å². The van der Waals surface area contributed by atoms with Gasteiger partial charge in [0.25, 0.3) is 0 Å². The number of esters is 2. The molecule has 3 rings (SSSR count). The van der Waals surface area contributed by atoms with Gasteiger partial charge in [0, 0.05) is 17.3 Å². The zero-order valence-electron chi connectivity index (χ0n) is 15.2. The Morgan fingerprint density at radius 2 is 1.61 bits per heavy atom. The van der Waals surface area contributed by atoms with Crippen LogP contribution >= 0.6 is 0 Å². The number of hydrogen-bond donors (Lipinski definition) is 1. The second kappa shape index (κ2) is 7.75. The zero-order chi connectivity index (χ0) is 20.3. The predicted octanol–water partition coefficient (Wildman–Crippen LogP) is 2.26. The van der Waals surface area contributed by atoms with Crippen molar-refractivity contribution in [2.45, 2.75) is 0 Å². The van der Waals surface area contributed by atoms with Crippen molar-refractivity contribution < 1.29 is 23.9 Å². The molecule has 142 valence electrons. The molecular weight excluding hydrogens is 362 g/mol. The number of carbonyl (C=O) groups excluding carboxylic acids is 3. The Morgan fingerprint density at radius 3 is 2.25 bits per heavy atom. The summed E-state index contributed by atoms with van der Waals surface area (Å²) in [5, 5.41) is 4.13. The third kappa shape index (κ3) is 3.48. The van der Waals surface area contributed by atoms with E-state index in [9.17, 15) is 14.4 Å². The summed E-state index contributed by atoms with van der Waals surface area (Å²) in [4.78, 5) is 37.1. The summed E-state index contributed by atoms with van der Waals surface area (Å²) in [6.45, 7) is 0. The van der Waals surface area contributed by atoms with Crippen LogP contribution in [0.2, 0.25) is 0 Å². The van der Waals surface area contributed by atoms with Crippen LogP contribution in [0, 0.1) is 0 Å².